The van der Waals surface area contributed by atoms with Gasteiger partial charge in [-0.1, -0.05) is 30.3 Å². The molecule has 0 bridgehead atoms. The Morgan fingerprint density at radius 1 is 1.27 bits per heavy atom. The topological polar surface area (TPSA) is 64.3 Å². The normalized spacial score (nSPS) is 10.5. The van der Waals surface area contributed by atoms with Gasteiger partial charge in [0.1, 0.15) is 12.0 Å². The lowest BCUT2D eigenvalue weighted by atomic mass is 10.1. The summed E-state index contributed by atoms with van der Waals surface area (Å²) in [6.45, 7) is 0.174. The van der Waals surface area contributed by atoms with Gasteiger partial charge in [0.25, 0.3) is 6.33 Å². The van der Waals surface area contributed by atoms with Crippen LogP contribution in [0.2, 0.25) is 0 Å². The summed E-state index contributed by atoms with van der Waals surface area (Å²) in [5.74, 6) is 0.650. The molecule has 0 amide bonds. The van der Waals surface area contributed by atoms with Gasteiger partial charge in [0, 0.05) is 10.7 Å². The number of rotatable bonds is 5. The van der Waals surface area contributed by atoms with E-state index < -0.39 is 0 Å². The molecule has 0 spiro atoms. The van der Waals surface area contributed by atoms with E-state index in [0.717, 1.165) is 0 Å². The maximum absolute atomic E-state index is 12.0. The summed E-state index contributed by atoms with van der Waals surface area (Å²) >= 11 is 0. The Balaban J connectivity index is 0.00000176. The molecule has 1 aromatic carbocycles. The molecule has 0 saturated heterocycles. The van der Waals surface area contributed by atoms with E-state index in [1.165, 1.54) is 15.7 Å². The molecule has 0 saturated carbocycles. The quantitative estimate of drug-likeness (QED) is 0.317. The molecule has 2 aromatic heterocycles. The zero-order chi connectivity index (χ0) is 14.5. The van der Waals surface area contributed by atoms with Gasteiger partial charge in [-0.2, -0.15) is 0 Å². The fourth-order valence-electron chi connectivity index (χ4n) is 1.81. The predicted molar refractivity (Wildman–Crippen MR) is 74.9 cm³/mol. The van der Waals surface area contributed by atoms with Crippen LogP contribution in [0.15, 0.2) is 70.9 Å². The fraction of sp³-hybridized carbons (Fsp3) is 0.0667. The zero-order valence-corrected chi connectivity index (χ0v) is 13.1. The molecule has 3 rings (SSSR count). The maximum atomic E-state index is 12.0. The molecule has 0 aliphatic rings. The van der Waals surface area contributed by atoms with Crippen molar-refractivity contribution < 1.29 is 30.9 Å². The largest absolute Gasteiger partial charge is 1.00 e. The Morgan fingerprint density at radius 3 is 2.82 bits per heavy atom. The van der Waals surface area contributed by atoms with Gasteiger partial charge >= 0.3 is 0 Å². The minimum Gasteiger partial charge on any atom is -1.00 e. The van der Waals surface area contributed by atoms with Crippen LogP contribution in [0.1, 0.15) is 16.1 Å². The van der Waals surface area contributed by atoms with Crippen LogP contribution < -0.4 is 21.7 Å². The number of benzene rings is 1. The zero-order valence-electron chi connectivity index (χ0n) is 11.5. The van der Waals surface area contributed by atoms with Crippen LogP contribution in [-0.2, 0) is 6.54 Å². The van der Waals surface area contributed by atoms with Crippen LogP contribution in [0.25, 0.3) is 0 Å². The van der Waals surface area contributed by atoms with Crippen LogP contribution >= 0.6 is 0 Å². The Hall–Kier alpha value is -2.54. The van der Waals surface area contributed by atoms with E-state index >= 15 is 0 Å². The van der Waals surface area contributed by atoms with Gasteiger partial charge in [-0.15, -0.1) is 14.5 Å². The minimum absolute atomic E-state index is 0. The van der Waals surface area contributed by atoms with Crippen molar-refractivity contribution in [2.75, 3.05) is 0 Å². The summed E-state index contributed by atoms with van der Waals surface area (Å²) in [4.78, 5) is 12.0. The molecule has 0 radical (unpaired) electrons. The van der Waals surface area contributed by atoms with Crippen LogP contribution in [-0.4, -0.2) is 21.8 Å². The van der Waals surface area contributed by atoms with Gasteiger partial charge in [0.15, 0.2) is 12.3 Å². The molecule has 3 aromatic rings. The van der Waals surface area contributed by atoms with Crippen molar-refractivity contribution in [3.8, 4) is 0 Å². The summed E-state index contributed by atoms with van der Waals surface area (Å²) in [6.07, 6.45) is 6.32. The summed E-state index contributed by atoms with van der Waals surface area (Å²) in [7, 11) is 0. The van der Waals surface area contributed by atoms with Crippen molar-refractivity contribution in [2.45, 2.75) is 6.54 Å². The number of nitrogens with zero attached hydrogens (tertiary/aromatic N) is 4. The second-order valence-corrected chi connectivity index (χ2v) is 4.37. The smallest absolute Gasteiger partial charge is 0.289 e. The minimum atomic E-state index is 0. The molecule has 22 heavy (non-hydrogen) atoms. The van der Waals surface area contributed by atoms with Crippen molar-refractivity contribution in [3.63, 3.8) is 0 Å². The Bertz CT molecular complexity index is 751. The molecular weight excluding hydrogens is 348 g/mol. The van der Waals surface area contributed by atoms with E-state index in [9.17, 15) is 4.79 Å². The third-order valence-electron chi connectivity index (χ3n) is 2.83. The molecule has 0 N–H and O–H groups in total. The second kappa shape index (κ2) is 7.46. The van der Waals surface area contributed by atoms with Gasteiger partial charge in [-0.25, -0.2) is 0 Å². The summed E-state index contributed by atoms with van der Waals surface area (Å²) < 4.78 is 8.19. The highest BCUT2D eigenvalue weighted by molar-refractivity contribution is 5.95. The monoisotopic (exact) mass is 360 g/mol. The van der Waals surface area contributed by atoms with Gasteiger partial charge in [0.2, 0.25) is 6.33 Å². The number of aromatic nitrogens is 3. The third kappa shape index (κ3) is 3.98. The first kappa shape index (κ1) is 15.8. The molecule has 7 heteroatoms. The number of ketones is 1. The van der Waals surface area contributed by atoms with Crippen molar-refractivity contribution in [1.82, 2.24) is 9.78 Å². The molecule has 0 fully saturated rings. The number of Topliss-reactive ketones (excluding diaryl/α,β-unsaturated/α-hetero) is 1. The Morgan fingerprint density at radius 2 is 2.09 bits per heavy atom. The lowest BCUT2D eigenvalue weighted by Gasteiger charge is -1.95. The van der Waals surface area contributed by atoms with Crippen molar-refractivity contribution in [1.29, 1.82) is 0 Å². The van der Waals surface area contributed by atoms with E-state index in [2.05, 4.69) is 10.2 Å². The van der Waals surface area contributed by atoms with Crippen LogP contribution in [0, 0.1) is 0 Å². The molecule has 0 atom stereocenters. The molecule has 112 valence electrons. The summed E-state index contributed by atoms with van der Waals surface area (Å²) in [5, 5.41) is 8.25. The average molecular weight is 361 g/mol. The molecule has 0 aliphatic carbocycles. The first-order valence-electron chi connectivity index (χ1n) is 6.41. The van der Waals surface area contributed by atoms with E-state index in [-0.39, 0.29) is 29.3 Å². The highest BCUT2D eigenvalue weighted by atomic mass is 79.9. The lowest BCUT2D eigenvalue weighted by molar-refractivity contribution is -0.679. The molecule has 2 heterocycles. The Labute approximate surface area is 137 Å². The number of furan rings is 1. The lowest BCUT2D eigenvalue weighted by Crippen LogP contribution is -3.00. The molecule has 6 nitrogen and oxygen atoms in total. The number of carbonyl (C=O) groups is 1. The molecule has 0 unspecified atom stereocenters. The number of halogens is 1. The fourth-order valence-corrected chi connectivity index (χ4v) is 1.81. The number of hydrogen-bond acceptors (Lipinski definition) is 4. The Kier molecular flexibility index (Phi) is 5.37. The maximum Gasteiger partial charge on any atom is 0.289 e. The van der Waals surface area contributed by atoms with Crippen LogP contribution in [0.3, 0.4) is 0 Å². The summed E-state index contributed by atoms with van der Waals surface area (Å²) in [6, 6.07) is 12.7. The van der Waals surface area contributed by atoms with E-state index in [1.54, 1.807) is 43.1 Å². The number of carbonyl (C=O) groups excluding carboxylic acids is 1. The molecular formula is C15H13BrN4O2. The van der Waals surface area contributed by atoms with E-state index in [4.69, 9.17) is 4.42 Å². The van der Waals surface area contributed by atoms with Crippen molar-refractivity contribution >= 4 is 12.0 Å². The van der Waals surface area contributed by atoms with Gasteiger partial charge in [-0.3, -0.25) is 4.79 Å². The third-order valence-corrected chi connectivity index (χ3v) is 2.83. The van der Waals surface area contributed by atoms with Crippen LogP contribution in [0.4, 0.5) is 0 Å². The number of hydrogen-bond donors (Lipinski definition) is 0. The van der Waals surface area contributed by atoms with Crippen molar-refractivity contribution in [3.05, 3.63) is 72.7 Å². The van der Waals surface area contributed by atoms with Crippen molar-refractivity contribution in [2.24, 2.45) is 5.10 Å². The molecule has 0 aliphatic heterocycles. The van der Waals surface area contributed by atoms with Gasteiger partial charge in [0.05, 0.1) is 6.26 Å². The second-order valence-electron chi connectivity index (χ2n) is 4.37. The average Bonchev–Trinajstić information content (AvgIpc) is 3.17. The first-order valence-corrected chi connectivity index (χ1v) is 6.41. The van der Waals surface area contributed by atoms with E-state index in [1.807, 2.05) is 18.2 Å². The summed E-state index contributed by atoms with van der Waals surface area (Å²) in [5.41, 5.74) is 0.665. The standard InChI is InChI=1S/C15H13N4O2.BrH/c20-15(13-5-2-1-3-6-13)10-18-12-19(11-17-18)16-9-14-7-4-8-21-14;/h1-9,11-12H,10H2;1H/q+1;/p-1/b16-9+;. The SMILES string of the molecule is O=C(Cn1c[n+](/N=C/c2ccco2)cn1)c1ccccc1.[Br-]. The first-order chi connectivity index (χ1) is 10.3. The van der Waals surface area contributed by atoms with Crippen LogP contribution in [0.5, 0.6) is 0 Å². The predicted octanol–water partition coefficient (Wildman–Crippen LogP) is -1.47. The van der Waals surface area contributed by atoms with Gasteiger partial charge in [-0.05, 0) is 12.1 Å². The highest BCUT2D eigenvalue weighted by Gasteiger charge is 2.12. The highest BCUT2D eigenvalue weighted by Crippen LogP contribution is 2.01. The van der Waals surface area contributed by atoms with Gasteiger partial charge < -0.3 is 21.4 Å². The van der Waals surface area contributed by atoms with E-state index in [0.29, 0.717) is 11.3 Å².